The van der Waals surface area contributed by atoms with Gasteiger partial charge >= 0.3 is 10.2 Å². The monoisotopic (exact) mass is 507 g/mol. The number of halogens is 1. The van der Waals surface area contributed by atoms with Crippen LogP contribution in [-0.2, 0) is 40.7 Å². The number of nitrogens with zero attached hydrogens (tertiary/aromatic N) is 3. The predicted molar refractivity (Wildman–Crippen MR) is 126 cm³/mol. The number of piperazine rings is 1. The lowest BCUT2D eigenvalue weighted by Crippen LogP contribution is -2.53. The Kier molecular flexibility index (Phi) is 6.03. The molecule has 1 aromatic heterocycles. The van der Waals surface area contributed by atoms with Gasteiger partial charge in [-0.1, -0.05) is 11.6 Å². The summed E-state index contributed by atoms with van der Waals surface area (Å²) in [5, 5.41) is 4.12. The van der Waals surface area contributed by atoms with E-state index in [2.05, 4.69) is 10.3 Å². The van der Waals surface area contributed by atoms with Crippen LogP contribution < -0.4 is 10.0 Å². The first-order valence-electron chi connectivity index (χ1n) is 11.4. The maximum absolute atomic E-state index is 12.6. The first-order valence-corrected chi connectivity index (χ1v) is 13.2. The molecular weight excluding hydrogens is 482 g/mol. The first-order chi connectivity index (χ1) is 16.2. The molecule has 2 heterocycles. The Hall–Kier alpha value is -2.63. The molecule has 0 unspecified atom stereocenters. The van der Waals surface area contributed by atoms with E-state index in [0.717, 1.165) is 59.8 Å². The van der Waals surface area contributed by atoms with Gasteiger partial charge in [-0.3, -0.25) is 9.59 Å². The van der Waals surface area contributed by atoms with Gasteiger partial charge in [0, 0.05) is 43.8 Å². The van der Waals surface area contributed by atoms with Gasteiger partial charge in [-0.05, 0) is 60.8 Å². The molecule has 10 nitrogen and oxygen atoms in total. The Morgan fingerprint density at radius 3 is 2.18 bits per heavy atom. The standard InChI is InChI=1S/C22H26ClN5O5S/c1-13(29)27-8-10-28(11-9-27)34(31,32)26-21(30)18-12-33-22(24-18)25-20-16-6-2-4-14(16)19(23)15-5-3-7-17(15)20/h12H,2-11H2,1H3,(H,24,25)(H,26,30). The van der Waals surface area contributed by atoms with Crippen molar-refractivity contribution >= 4 is 45.3 Å². The molecule has 1 aromatic carbocycles. The lowest BCUT2D eigenvalue weighted by Gasteiger charge is -2.33. The van der Waals surface area contributed by atoms with Gasteiger partial charge in [0.25, 0.3) is 11.9 Å². The van der Waals surface area contributed by atoms with E-state index in [1.807, 2.05) is 4.72 Å². The van der Waals surface area contributed by atoms with Gasteiger partial charge in [0.15, 0.2) is 5.69 Å². The SMILES string of the molecule is CC(=O)N1CCN(S(=O)(=O)NC(=O)c2coc(Nc3c4c(c(Cl)c5c3CCC5)CCC4)n2)CC1. The first kappa shape index (κ1) is 23.1. The van der Waals surface area contributed by atoms with Crippen LogP contribution in [0.1, 0.15) is 52.5 Å². The molecule has 0 radical (unpaired) electrons. The molecule has 1 fully saturated rings. The number of carbonyl (C=O) groups is 2. The van der Waals surface area contributed by atoms with Gasteiger partial charge in [0.2, 0.25) is 5.91 Å². The molecule has 0 bridgehead atoms. The van der Waals surface area contributed by atoms with Crippen LogP contribution in [0.2, 0.25) is 5.02 Å². The smallest absolute Gasteiger partial charge is 0.304 e. The summed E-state index contributed by atoms with van der Waals surface area (Å²) in [6.45, 7) is 2.21. The minimum Gasteiger partial charge on any atom is -0.431 e. The normalized spacial score (nSPS) is 18.0. The Balaban J connectivity index is 1.30. The Morgan fingerprint density at radius 1 is 1.00 bits per heavy atom. The second kappa shape index (κ2) is 8.86. The number of nitrogens with one attached hydrogen (secondary N) is 2. The molecule has 0 atom stereocenters. The van der Waals surface area contributed by atoms with Gasteiger partial charge in [0.05, 0.1) is 0 Å². The number of fused-ring (bicyclic) bond motifs is 2. The maximum atomic E-state index is 12.6. The van der Waals surface area contributed by atoms with Crippen LogP contribution >= 0.6 is 11.6 Å². The lowest BCUT2D eigenvalue weighted by molar-refractivity contribution is -0.129. The van der Waals surface area contributed by atoms with Gasteiger partial charge in [-0.15, -0.1) is 0 Å². The van der Waals surface area contributed by atoms with E-state index < -0.39 is 16.1 Å². The molecule has 0 spiro atoms. The van der Waals surface area contributed by atoms with Gasteiger partial charge < -0.3 is 14.6 Å². The topological polar surface area (TPSA) is 125 Å². The number of aromatic nitrogens is 1. The van der Waals surface area contributed by atoms with Crippen LogP contribution in [0.5, 0.6) is 0 Å². The number of rotatable bonds is 5. The van der Waals surface area contributed by atoms with Crippen LogP contribution in [0.25, 0.3) is 0 Å². The second-order valence-electron chi connectivity index (χ2n) is 8.81. The van der Waals surface area contributed by atoms with Gasteiger partial charge in [-0.2, -0.15) is 17.7 Å². The molecule has 2 aromatic rings. The highest BCUT2D eigenvalue weighted by Crippen LogP contribution is 2.44. The third-order valence-electron chi connectivity index (χ3n) is 6.78. The van der Waals surface area contributed by atoms with Crippen LogP contribution in [-0.4, -0.2) is 60.6 Å². The molecule has 5 rings (SSSR count). The zero-order valence-electron chi connectivity index (χ0n) is 18.8. The third kappa shape index (κ3) is 4.16. The van der Waals surface area contributed by atoms with Crippen LogP contribution in [0.3, 0.4) is 0 Å². The summed E-state index contributed by atoms with van der Waals surface area (Å²) in [5.74, 6) is -0.988. The average Bonchev–Trinajstić information content (AvgIpc) is 3.57. The number of hydrogen-bond donors (Lipinski definition) is 2. The number of oxazole rings is 1. The lowest BCUT2D eigenvalue weighted by atomic mass is 9.98. The van der Waals surface area contributed by atoms with Crippen molar-refractivity contribution in [2.24, 2.45) is 0 Å². The van der Waals surface area contributed by atoms with Crippen molar-refractivity contribution in [3.63, 3.8) is 0 Å². The summed E-state index contributed by atoms with van der Waals surface area (Å²) in [5.41, 5.74) is 5.49. The maximum Gasteiger partial charge on any atom is 0.304 e. The van der Waals surface area contributed by atoms with E-state index in [9.17, 15) is 18.0 Å². The van der Waals surface area contributed by atoms with E-state index in [4.69, 9.17) is 16.0 Å². The fourth-order valence-corrected chi connectivity index (χ4v) is 6.59. The van der Waals surface area contributed by atoms with Crippen LogP contribution in [0, 0.1) is 0 Å². The number of anilines is 2. The molecule has 34 heavy (non-hydrogen) atoms. The zero-order valence-corrected chi connectivity index (χ0v) is 20.4. The molecular formula is C22H26ClN5O5S. The predicted octanol–water partition coefficient (Wildman–Crippen LogP) is 2.19. The fourth-order valence-electron chi connectivity index (χ4n) is 5.06. The summed E-state index contributed by atoms with van der Waals surface area (Å²) < 4.78 is 33.9. The van der Waals surface area contributed by atoms with E-state index in [1.165, 1.54) is 29.2 Å². The fraction of sp³-hybridized carbons (Fsp3) is 0.500. The summed E-state index contributed by atoms with van der Waals surface area (Å²) in [7, 11) is -4.07. The van der Waals surface area contributed by atoms with E-state index >= 15 is 0 Å². The summed E-state index contributed by atoms with van der Waals surface area (Å²) in [6, 6.07) is 0.128. The number of carbonyl (C=O) groups excluding carboxylic acids is 2. The quantitative estimate of drug-likeness (QED) is 0.635. The van der Waals surface area contributed by atoms with Crippen molar-refractivity contribution in [3.8, 4) is 0 Å². The molecule has 2 aliphatic carbocycles. The van der Waals surface area contributed by atoms with E-state index in [0.29, 0.717) is 0 Å². The number of amides is 2. The molecule has 3 aliphatic rings. The van der Waals surface area contributed by atoms with Gasteiger partial charge in [-0.25, -0.2) is 4.72 Å². The third-order valence-corrected chi connectivity index (χ3v) is 8.73. The highest BCUT2D eigenvalue weighted by atomic mass is 35.5. The van der Waals surface area contributed by atoms with Gasteiger partial charge in [0.1, 0.15) is 6.26 Å². The molecule has 12 heteroatoms. The van der Waals surface area contributed by atoms with Crippen molar-refractivity contribution in [1.82, 2.24) is 18.9 Å². The Labute approximate surface area is 202 Å². The molecule has 2 N–H and O–H groups in total. The van der Waals surface area contributed by atoms with Crippen molar-refractivity contribution < 1.29 is 22.4 Å². The Bertz CT molecular complexity index is 1230. The molecule has 1 saturated heterocycles. The van der Waals surface area contributed by atoms with Crippen molar-refractivity contribution in [2.45, 2.75) is 45.4 Å². The number of benzene rings is 1. The van der Waals surface area contributed by atoms with Crippen molar-refractivity contribution in [2.75, 3.05) is 31.5 Å². The van der Waals surface area contributed by atoms with Crippen molar-refractivity contribution in [1.29, 1.82) is 0 Å². The van der Waals surface area contributed by atoms with Crippen LogP contribution in [0.4, 0.5) is 11.7 Å². The highest BCUT2D eigenvalue weighted by molar-refractivity contribution is 7.87. The molecule has 0 saturated carbocycles. The summed E-state index contributed by atoms with van der Waals surface area (Å²) in [6.07, 6.45) is 6.90. The molecule has 2 amide bonds. The van der Waals surface area contributed by atoms with E-state index in [1.54, 1.807) is 4.90 Å². The number of hydrogen-bond acceptors (Lipinski definition) is 7. The van der Waals surface area contributed by atoms with Crippen molar-refractivity contribution in [3.05, 3.63) is 39.2 Å². The second-order valence-corrected chi connectivity index (χ2v) is 10.9. The largest absolute Gasteiger partial charge is 0.431 e. The highest BCUT2D eigenvalue weighted by Gasteiger charge is 2.31. The average molecular weight is 508 g/mol. The minimum atomic E-state index is -4.07. The minimum absolute atomic E-state index is 0.110. The zero-order chi connectivity index (χ0) is 24.0. The summed E-state index contributed by atoms with van der Waals surface area (Å²) in [4.78, 5) is 29.8. The van der Waals surface area contributed by atoms with E-state index in [-0.39, 0.29) is 43.8 Å². The Morgan fingerprint density at radius 2 is 1.59 bits per heavy atom. The summed E-state index contributed by atoms with van der Waals surface area (Å²) >= 11 is 6.67. The van der Waals surface area contributed by atoms with Crippen LogP contribution in [0.15, 0.2) is 10.7 Å². The molecule has 182 valence electrons. The molecule has 1 aliphatic heterocycles.